The molecule has 2 aliphatic rings. The summed E-state index contributed by atoms with van der Waals surface area (Å²) in [7, 11) is 0. The Kier molecular flexibility index (Phi) is 5.78. The van der Waals surface area contributed by atoms with E-state index in [1.165, 1.54) is 23.5 Å². The second-order valence-electron chi connectivity index (χ2n) is 6.29. The number of amidine groups is 2. The van der Waals surface area contributed by atoms with Gasteiger partial charge in [0.25, 0.3) is 10.5 Å². The molecule has 4 rings (SSSR count). The van der Waals surface area contributed by atoms with Crippen LogP contribution in [0.3, 0.4) is 0 Å². The molecule has 0 spiro atoms. The van der Waals surface area contributed by atoms with E-state index in [0.717, 1.165) is 11.1 Å². The van der Waals surface area contributed by atoms with Gasteiger partial charge in [0.2, 0.25) is 0 Å². The van der Waals surface area contributed by atoms with Crippen LogP contribution in [0.15, 0.2) is 70.9 Å². The fourth-order valence-electron chi connectivity index (χ4n) is 2.90. The van der Waals surface area contributed by atoms with Crippen molar-refractivity contribution in [2.24, 2.45) is 10.2 Å². The zero-order valence-corrected chi connectivity index (χ0v) is 16.7. The van der Waals surface area contributed by atoms with E-state index < -0.39 is 0 Å². The minimum atomic E-state index is -0.0270. The molecule has 0 saturated carbocycles. The summed E-state index contributed by atoms with van der Waals surface area (Å²) in [6.45, 7) is 0.940. The summed E-state index contributed by atoms with van der Waals surface area (Å²) in [4.78, 5) is 27.8. The van der Waals surface area contributed by atoms with Gasteiger partial charge >= 0.3 is 0 Å². The van der Waals surface area contributed by atoms with Crippen molar-refractivity contribution in [3.8, 4) is 0 Å². The number of carbonyl (C=O) groups is 2. The van der Waals surface area contributed by atoms with Crippen molar-refractivity contribution in [2.75, 3.05) is 11.5 Å². The Labute approximate surface area is 171 Å². The molecule has 0 aliphatic carbocycles. The first-order chi connectivity index (χ1) is 13.7. The van der Waals surface area contributed by atoms with Crippen LogP contribution in [0.5, 0.6) is 0 Å². The highest BCUT2D eigenvalue weighted by molar-refractivity contribution is 8.15. The molecule has 0 unspecified atom stereocenters. The van der Waals surface area contributed by atoms with Crippen molar-refractivity contribution in [1.29, 1.82) is 0 Å². The van der Waals surface area contributed by atoms with Gasteiger partial charge in [0, 0.05) is 0 Å². The van der Waals surface area contributed by atoms with Gasteiger partial charge in [-0.25, -0.2) is 0 Å². The Morgan fingerprint density at radius 3 is 1.46 bits per heavy atom. The third kappa shape index (κ3) is 4.28. The summed E-state index contributed by atoms with van der Waals surface area (Å²) in [5.41, 5.74) is 2.08. The first kappa shape index (κ1) is 18.8. The first-order valence-corrected chi connectivity index (χ1v) is 10.8. The van der Waals surface area contributed by atoms with Gasteiger partial charge in [-0.1, -0.05) is 84.2 Å². The van der Waals surface area contributed by atoms with Gasteiger partial charge in [-0.2, -0.15) is 0 Å². The summed E-state index contributed by atoms with van der Waals surface area (Å²) in [5.74, 6) is 2.22. The van der Waals surface area contributed by atoms with Gasteiger partial charge in [-0.15, -0.1) is 10.2 Å². The maximum Gasteiger partial charge on any atom is 0.287 e. The van der Waals surface area contributed by atoms with Crippen LogP contribution in [-0.4, -0.2) is 43.5 Å². The fraction of sp³-hybridized carbons (Fsp3) is 0.200. The van der Waals surface area contributed by atoms with E-state index >= 15 is 0 Å². The summed E-state index contributed by atoms with van der Waals surface area (Å²) >= 11 is 2.44. The van der Waals surface area contributed by atoms with Gasteiger partial charge in [0.15, 0.2) is 0 Å². The average Bonchev–Trinajstić information content (AvgIpc) is 3.25. The molecule has 2 aliphatic heterocycles. The van der Waals surface area contributed by atoms with Gasteiger partial charge < -0.3 is 0 Å². The number of benzene rings is 2. The molecule has 2 heterocycles. The van der Waals surface area contributed by atoms with Crippen molar-refractivity contribution in [2.45, 2.75) is 13.1 Å². The highest BCUT2D eigenvalue weighted by Gasteiger charge is 2.30. The van der Waals surface area contributed by atoms with Crippen molar-refractivity contribution in [3.63, 3.8) is 0 Å². The minimum Gasteiger partial charge on any atom is -0.284 e. The molecule has 142 valence electrons. The third-order valence-corrected chi connectivity index (χ3v) is 6.10. The van der Waals surface area contributed by atoms with Gasteiger partial charge in [0.05, 0.1) is 24.6 Å². The largest absolute Gasteiger partial charge is 0.287 e. The van der Waals surface area contributed by atoms with E-state index in [4.69, 9.17) is 0 Å². The van der Waals surface area contributed by atoms with Crippen LogP contribution in [0.25, 0.3) is 0 Å². The van der Waals surface area contributed by atoms with Gasteiger partial charge in [0.1, 0.15) is 11.7 Å². The molecule has 0 atom stereocenters. The maximum atomic E-state index is 12.2. The predicted molar refractivity (Wildman–Crippen MR) is 115 cm³/mol. The lowest BCUT2D eigenvalue weighted by Gasteiger charge is -2.16. The van der Waals surface area contributed by atoms with Crippen LogP contribution >= 0.6 is 23.5 Å². The standard InChI is InChI=1S/C20H18N4O2S2/c25-19-23(11-15-7-3-1-4-8-15)17(13-27-19)21-22-18-14-28-20(26)24(18)12-16-9-5-2-6-10-16/h1-10H,11-14H2/b21-17+,22-18+. The molecule has 2 aromatic carbocycles. The summed E-state index contributed by atoms with van der Waals surface area (Å²) in [6.07, 6.45) is 0. The molecule has 2 saturated heterocycles. The average molecular weight is 411 g/mol. The normalized spacial score (nSPS) is 20.0. The molecule has 0 radical (unpaired) electrons. The lowest BCUT2D eigenvalue weighted by Crippen LogP contribution is -2.30. The van der Waals surface area contributed by atoms with Crippen molar-refractivity contribution in [3.05, 3.63) is 71.8 Å². The monoisotopic (exact) mass is 410 g/mol. The highest BCUT2D eigenvalue weighted by atomic mass is 32.2. The number of hydrogen-bond donors (Lipinski definition) is 0. The number of nitrogens with zero attached hydrogens (tertiary/aromatic N) is 4. The van der Waals surface area contributed by atoms with E-state index in [2.05, 4.69) is 10.2 Å². The Balaban J connectivity index is 1.52. The Morgan fingerprint density at radius 1 is 0.679 bits per heavy atom. The minimum absolute atomic E-state index is 0.0270. The Hall–Kier alpha value is -2.58. The summed E-state index contributed by atoms with van der Waals surface area (Å²) in [5, 5.41) is 8.63. The van der Waals surface area contributed by atoms with Crippen LogP contribution in [0.1, 0.15) is 11.1 Å². The molecule has 0 N–H and O–H groups in total. The van der Waals surface area contributed by atoms with E-state index in [1.54, 1.807) is 9.80 Å². The molecule has 2 fully saturated rings. The van der Waals surface area contributed by atoms with Crippen molar-refractivity contribution < 1.29 is 9.59 Å². The second-order valence-corrected chi connectivity index (χ2v) is 8.14. The van der Waals surface area contributed by atoms with Crippen LogP contribution in [0, 0.1) is 0 Å². The number of thioether (sulfide) groups is 2. The smallest absolute Gasteiger partial charge is 0.284 e. The summed E-state index contributed by atoms with van der Waals surface area (Å²) < 4.78 is 0. The molecule has 6 nitrogen and oxygen atoms in total. The molecule has 2 amide bonds. The molecular weight excluding hydrogens is 392 g/mol. The van der Waals surface area contributed by atoms with E-state index in [9.17, 15) is 9.59 Å². The number of rotatable bonds is 5. The number of hydrogen-bond acceptors (Lipinski definition) is 6. The van der Waals surface area contributed by atoms with Crippen molar-refractivity contribution in [1.82, 2.24) is 9.80 Å². The Morgan fingerprint density at radius 2 is 1.07 bits per heavy atom. The SMILES string of the molecule is O=C1SC/C(=N\N=C2/CSC(=O)N2Cc2ccccc2)N1Cc1ccccc1. The zero-order chi connectivity index (χ0) is 19.3. The molecule has 0 bridgehead atoms. The molecule has 8 heteroatoms. The Bertz CT molecular complexity index is 854. The third-order valence-electron chi connectivity index (χ3n) is 4.36. The molecule has 28 heavy (non-hydrogen) atoms. The van der Waals surface area contributed by atoms with E-state index in [0.29, 0.717) is 36.3 Å². The molecule has 2 aromatic rings. The molecule has 0 aromatic heterocycles. The van der Waals surface area contributed by atoms with Crippen LogP contribution < -0.4 is 0 Å². The fourth-order valence-corrected chi connectivity index (χ4v) is 4.48. The van der Waals surface area contributed by atoms with Crippen LogP contribution in [0.4, 0.5) is 9.59 Å². The first-order valence-electron chi connectivity index (χ1n) is 8.80. The topological polar surface area (TPSA) is 65.3 Å². The highest BCUT2D eigenvalue weighted by Crippen LogP contribution is 2.25. The van der Waals surface area contributed by atoms with Gasteiger partial charge in [-0.3, -0.25) is 19.4 Å². The molecular formula is C20H18N4O2S2. The van der Waals surface area contributed by atoms with Crippen LogP contribution in [0.2, 0.25) is 0 Å². The maximum absolute atomic E-state index is 12.2. The number of amides is 2. The van der Waals surface area contributed by atoms with Crippen molar-refractivity contribution >= 4 is 45.7 Å². The van der Waals surface area contributed by atoms with E-state index in [1.807, 2.05) is 60.7 Å². The lowest BCUT2D eigenvalue weighted by molar-refractivity contribution is 0.242. The van der Waals surface area contributed by atoms with Crippen LogP contribution in [-0.2, 0) is 13.1 Å². The quantitative estimate of drug-likeness (QED) is 0.684. The number of carbonyl (C=O) groups excluding carboxylic acids is 2. The summed E-state index contributed by atoms with van der Waals surface area (Å²) in [6, 6.07) is 19.6. The van der Waals surface area contributed by atoms with E-state index in [-0.39, 0.29) is 10.5 Å². The second kappa shape index (κ2) is 8.62. The van der Waals surface area contributed by atoms with Gasteiger partial charge in [-0.05, 0) is 11.1 Å². The lowest BCUT2D eigenvalue weighted by atomic mass is 10.2. The zero-order valence-electron chi connectivity index (χ0n) is 15.0. The predicted octanol–water partition coefficient (Wildman–Crippen LogP) is 4.44.